The van der Waals surface area contributed by atoms with Crippen LogP contribution in [0.15, 0.2) is 36.5 Å². The average Bonchev–Trinajstić information content (AvgIpc) is 2.53. The van der Waals surface area contributed by atoms with E-state index < -0.39 is 11.5 Å². The Bertz CT molecular complexity index is 746. The number of hydrogen-bond donors (Lipinski definition) is 1. The van der Waals surface area contributed by atoms with Crippen LogP contribution in [-0.2, 0) is 9.53 Å². The third kappa shape index (κ3) is 2.53. The second-order valence-corrected chi connectivity index (χ2v) is 5.58. The molecule has 2 amide bonds. The number of fused-ring (bicyclic) bond motifs is 1. The zero-order valence-corrected chi connectivity index (χ0v) is 12.3. The van der Waals surface area contributed by atoms with E-state index in [1.165, 1.54) is 0 Å². The lowest BCUT2D eigenvalue weighted by Gasteiger charge is -2.38. The highest BCUT2D eigenvalue weighted by molar-refractivity contribution is 5.98. The Kier molecular flexibility index (Phi) is 3.54. The summed E-state index contributed by atoms with van der Waals surface area (Å²) in [4.78, 5) is 30.0. The number of benzene rings is 1. The van der Waals surface area contributed by atoms with Crippen molar-refractivity contribution in [2.24, 2.45) is 5.73 Å². The van der Waals surface area contributed by atoms with Crippen LogP contribution in [-0.4, -0.2) is 47.0 Å². The van der Waals surface area contributed by atoms with Crippen molar-refractivity contribution in [3.05, 3.63) is 42.1 Å². The largest absolute Gasteiger partial charge is 0.367 e. The maximum absolute atomic E-state index is 12.7. The molecule has 0 spiro atoms. The summed E-state index contributed by atoms with van der Waals surface area (Å²) in [6.07, 6.45) is 1.71. The normalized spacial score (nSPS) is 21.8. The van der Waals surface area contributed by atoms with E-state index in [9.17, 15) is 9.59 Å². The van der Waals surface area contributed by atoms with Gasteiger partial charge in [0.25, 0.3) is 11.8 Å². The number of ether oxygens (including phenoxy) is 1. The lowest BCUT2D eigenvalue weighted by atomic mass is 10.0. The molecular formula is C16H17N3O3. The van der Waals surface area contributed by atoms with Crippen molar-refractivity contribution >= 4 is 22.7 Å². The lowest BCUT2D eigenvalue weighted by Crippen LogP contribution is -2.58. The number of nitrogens with two attached hydrogens (primary N) is 1. The Morgan fingerprint density at radius 2 is 2.18 bits per heavy atom. The summed E-state index contributed by atoms with van der Waals surface area (Å²) in [5.74, 6) is -0.700. The highest BCUT2D eigenvalue weighted by Gasteiger charge is 2.39. The van der Waals surface area contributed by atoms with Crippen LogP contribution in [0, 0.1) is 0 Å². The van der Waals surface area contributed by atoms with Gasteiger partial charge in [-0.3, -0.25) is 14.6 Å². The summed E-state index contributed by atoms with van der Waals surface area (Å²) < 4.78 is 5.43. The minimum atomic E-state index is -1.13. The molecule has 1 aromatic carbocycles. The van der Waals surface area contributed by atoms with Gasteiger partial charge in [0.05, 0.1) is 18.7 Å². The van der Waals surface area contributed by atoms with Crippen molar-refractivity contribution in [3.8, 4) is 0 Å². The number of carbonyl (C=O) groups is 2. The summed E-state index contributed by atoms with van der Waals surface area (Å²) in [6, 6.07) is 9.11. The smallest absolute Gasteiger partial charge is 0.254 e. The van der Waals surface area contributed by atoms with Gasteiger partial charge in [-0.15, -0.1) is 0 Å². The fraction of sp³-hybridized carbons (Fsp3) is 0.312. The fourth-order valence-electron chi connectivity index (χ4n) is 2.58. The molecule has 22 heavy (non-hydrogen) atoms. The van der Waals surface area contributed by atoms with Crippen LogP contribution in [0.4, 0.5) is 0 Å². The number of aromatic nitrogens is 1. The van der Waals surface area contributed by atoms with E-state index in [0.29, 0.717) is 18.7 Å². The van der Waals surface area contributed by atoms with E-state index in [1.807, 2.05) is 24.3 Å². The second kappa shape index (κ2) is 5.38. The summed E-state index contributed by atoms with van der Waals surface area (Å²) in [7, 11) is 0. The van der Waals surface area contributed by atoms with Crippen LogP contribution in [0.25, 0.3) is 10.9 Å². The fourth-order valence-corrected chi connectivity index (χ4v) is 2.58. The van der Waals surface area contributed by atoms with Gasteiger partial charge in [-0.2, -0.15) is 0 Å². The first-order valence-electron chi connectivity index (χ1n) is 7.07. The second-order valence-electron chi connectivity index (χ2n) is 5.58. The first-order valence-corrected chi connectivity index (χ1v) is 7.07. The van der Waals surface area contributed by atoms with Gasteiger partial charge in [-0.05, 0) is 31.2 Å². The molecule has 0 unspecified atom stereocenters. The van der Waals surface area contributed by atoms with E-state index in [2.05, 4.69) is 4.98 Å². The summed E-state index contributed by atoms with van der Waals surface area (Å²) in [5.41, 5.74) is 5.63. The van der Waals surface area contributed by atoms with Gasteiger partial charge in [0.1, 0.15) is 0 Å². The molecular weight excluding hydrogens is 282 g/mol. The molecule has 6 nitrogen and oxygen atoms in total. The molecule has 6 heteroatoms. The van der Waals surface area contributed by atoms with Crippen molar-refractivity contribution in [2.75, 3.05) is 19.7 Å². The third-order valence-corrected chi connectivity index (χ3v) is 3.93. The van der Waals surface area contributed by atoms with E-state index >= 15 is 0 Å². The van der Waals surface area contributed by atoms with Crippen LogP contribution >= 0.6 is 0 Å². The van der Waals surface area contributed by atoms with Crippen molar-refractivity contribution in [1.82, 2.24) is 9.88 Å². The Balaban J connectivity index is 1.87. The van der Waals surface area contributed by atoms with E-state index in [4.69, 9.17) is 10.5 Å². The molecule has 1 saturated heterocycles. The average molecular weight is 299 g/mol. The van der Waals surface area contributed by atoms with Gasteiger partial charge in [-0.25, -0.2) is 0 Å². The summed E-state index contributed by atoms with van der Waals surface area (Å²) in [5, 5.41) is 0.902. The molecule has 0 bridgehead atoms. The quantitative estimate of drug-likeness (QED) is 0.894. The SMILES string of the molecule is C[C@]1(C(N)=O)CN(C(=O)c2ccc3ncccc3c2)CCO1. The van der Waals surface area contributed by atoms with Crippen LogP contribution in [0.2, 0.25) is 0 Å². The van der Waals surface area contributed by atoms with Gasteiger partial charge in [0.15, 0.2) is 5.60 Å². The van der Waals surface area contributed by atoms with Gasteiger partial charge in [0.2, 0.25) is 0 Å². The zero-order chi connectivity index (χ0) is 15.7. The van der Waals surface area contributed by atoms with Gasteiger partial charge >= 0.3 is 0 Å². The van der Waals surface area contributed by atoms with E-state index in [0.717, 1.165) is 10.9 Å². The van der Waals surface area contributed by atoms with E-state index in [1.54, 1.807) is 24.1 Å². The Hall–Kier alpha value is -2.47. The number of rotatable bonds is 2. The van der Waals surface area contributed by atoms with Crippen molar-refractivity contribution in [3.63, 3.8) is 0 Å². The predicted molar refractivity (Wildman–Crippen MR) is 81.2 cm³/mol. The molecule has 2 aromatic rings. The van der Waals surface area contributed by atoms with Crippen LogP contribution < -0.4 is 5.73 Å². The standard InChI is InChI=1S/C16H17N3O3/c1-16(15(17)21)10-19(7-8-22-16)14(20)12-4-5-13-11(9-12)3-2-6-18-13/h2-6,9H,7-8,10H2,1H3,(H2,17,21)/t16-/m1/s1. The number of morpholine rings is 1. The molecule has 0 radical (unpaired) electrons. The molecule has 0 aliphatic carbocycles. The van der Waals surface area contributed by atoms with E-state index in [-0.39, 0.29) is 12.5 Å². The molecule has 2 N–H and O–H groups in total. The summed E-state index contributed by atoms with van der Waals surface area (Å²) >= 11 is 0. The Labute approximate surface area is 127 Å². The van der Waals surface area contributed by atoms with Gasteiger partial charge < -0.3 is 15.4 Å². The first kappa shape index (κ1) is 14.5. The molecule has 3 rings (SSSR count). The number of pyridine rings is 1. The number of carbonyl (C=O) groups excluding carboxylic acids is 2. The molecule has 1 atom stereocenters. The third-order valence-electron chi connectivity index (χ3n) is 3.93. The highest BCUT2D eigenvalue weighted by atomic mass is 16.5. The minimum absolute atomic E-state index is 0.137. The number of amides is 2. The van der Waals surface area contributed by atoms with Crippen molar-refractivity contribution < 1.29 is 14.3 Å². The van der Waals surface area contributed by atoms with Gasteiger partial charge in [-0.1, -0.05) is 6.07 Å². The Morgan fingerprint density at radius 3 is 2.95 bits per heavy atom. The lowest BCUT2D eigenvalue weighted by molar-refractivity contribution is -0.150. The molecule has 0 saturated carbocycles. The molecule has 1 aromatic heterocycles. The predicted octanol–water partition coefficient (Wildman–Crippen LogP) is 0.951. The zero-order valence-electron chi connectivity index (χ0n) is 12.3. The molecule has 114 valence electrons. The maximum atomic E-state index is 12.7. The number of nitrogens with zero attached hydrogens (tertiary/aromatic N) is 2. The Morgan fingerprint density at radius 1 is 1.36 bits per heavy atom. The topological polar surface area (TPSA) is 85.5 Å². The number of hydrogen-bond acceptors (Lipinski definition) is 4. The van der Waals surface area contributed by atoms with Crippen molar-refractivity contribution in [1.29, 1.82) is 0 Å². The van der Waals surface area contributed by atoms with Crippen LogP contribution in [0.5, 0.6) is 0 Å². The molecule has 1 aliphatic rings. The monoisotopic (exact) mass is 299 g/mol. The summed E-state index contributed by atoms with van der Waals surface area (Å²) in [6.45, 7) is 2.50. The highest BCUT2D eigenvalue weighted by Crippen LogP contribution is 2.20. The molecule has 1 fully saturated rings. The minimum Gasteiger partial charge on any atom is -0.367 e. The van der Waals surface area contributed by atoms with Crippen molar-refractivity contribution in [2.45, 2.75) is 12.5 Å². The molecule has 1 aliphatic heterocycles. The maximum Gasteiger partial charge on any atom is 0.254 e. The first-order chi connectivity index (χ1) is 10.5. The van der Waals surface area contributed by atoms with Crippen LogP contribution in [0.1, 0.15) is 17.3 Å². The number of primary amides is 1. The van der Waals surface area contributed by atoms with Gasteiger partial charge in [0, 0.05) is 23.7 Å². The molecule has 2 heterocycles. The van der Waals surface area contributed by atoms with Crippen LogP contribution in [0.3, 0.4) is 0 Å².